The highest BCUT2D eigenvalue weighted by atomic mass is 79.9. The van der Waals surface area contributed by atoms with Gasteiger partial charge in [0.25, 0.3) is 5.56 Å². The summed E-state index contributed by atoms with van der Waals surface area (Å²) in [5.74, 6) is 0.464. The topological polar surface area (TPSA) is 82.8 Å². The predicted octanol–water partition coefficient (Wildman–Crippen LogP) is 4.76. The molecule has 31 heavy (non-hydrogen) atoms. The molecule has 0 amide bonds. The van der Waals surface area contributed by atoms with E-state index in [2.05, 4.69) is 30.8 Å². The van der Waals surface area contributed by atoms with E-state index >= 15 is 0 Å². The number of hydrogen-bond donors (Lipinski definition) is 0. The van der Waals surface area contributed by atoms with Crippen LogP contribution in [-0.2, 0) is 9.53 Å². The molecule has 9 heteroatoms. The van der Waals surface area contributed by atoms with Crippen LogP contribution in [0.4, 0.5) is 0 Å². The molecule has 0 radical (unpaired) electrons. The maximum atomic E-state index is 13.1. The molecule has 1 heterocycles. The molecule has 3 rings (SSSR count). The van der Waals surface area contributed by atoms with Gasteiger partial charge in [0.15, 0.2) is 6.61 Å². The van der Waals surface area contributed by atoms with Gasteiger partial charge >= 0.3 is 5.97 Å². The van der Waals surface area contributed by atoms with Gasteiger partial charge in [0, 0.05) is 10.4 Å². The van der Waals surface area contributed by atoms with E-state index in [0.29, 0.717) is 33.1 Å². The van der Waals surface area contributed by atoms with E-state index in [0.717, 1.165) is 10.9 Å². The van der Waals surface area contributed by atoms with Crippen molar-refractivity contribution in [3.8, 4) is 5.75 Å². The maximum Gasteiger partial charge on any atom is 0.343 e. The number of rotatable bonds is 7. The second kappa shape index (κ2) is 10.1. The van der Waals surface area contributed by atoms with Crippen molar-refractivity contribution in [1.29, 1.82) is 0 Å². The zero-order valence-corrected chi connectivity index (χ0v) is 19.6. The first-order valence-corrected chi connectivity index (χ1v) is 10.8. The first-order valence-electron chi connectivity index (χ1n) is 9.59. The van der Waals surface area contributed by atoms with Crippen molar-refractivity contribution in [3.63, 3.8) is 0 Å². The lowest BCUT2D eigenvalue weighted by molar-refractivity contribution is -0.142. The van der Waals surface area contributed by atoms with Gasteiger partial charge in [0.05, 0.1) is 29.2 Å². The third-order valence-electron chi connectivity index (χ3n) is 4.74. The van der Waals surface area contributed by atoms with Crippen LogP contribution in [0, 0.1) is 0 Å². The van der Waals surface area contributed by atoms with Gasteiger partial charge < -0.3 is 9.47 Å². The summed E-state index contributed by atoms with van der Waals surface area (Å²) in [4.78, 5) is 29.0. The summed E-state index contributed by atoms with van der Waals surface area (Å²) in [5.41, 5.74) is 1.04. The van der Waals surface area contributed by atoms with Gasteiger partial charge in [-0.1, -0.05) is 41.4 Å². The minimum Gasteiger partial charge on any atom is -0.480 e. The van der Waals surface area contributed by atoms with E-state index in [-0.39, 0.29) is 18.1 Å². The van der Waals surface area contributed by atoms with Crippen molar-refractivity contribution in [2.75, 3.05) is 13.7 Å². The van der Waals surface area contributed by atoms with Crippen LogP contribution in [0.1, 0.15) is 37.6 Å². The van der Waals surface area contributed by atoms with Gasteiger partial charge in [-0.05, 0) is 48.4 Å². The number of carbonyl (C=O) groups is 1. The van der Waals surface area contributed by atoms with E-state index in [1.54, 1.807) is 24.3 Å². The zero-order valence-electron chi connectivity index (χ0n) is 17.3. The number of halogens is 2. The van der Waals surface area contributed by atoms with Crippen molar-refractivity contribution in [3.05, 3.63) is 67.6 Å². The molecule has 0 unspecified atom stereocenters. The quantitative estimate of drug-likeness (QED) is 0.341. The molecule has 0 aliphatic rings. The van der Waals surface area contributed by atoms with E-state index in [1.807, 2.05) is 26.0 Å². The van der Waals surface area contributed by atoms with Crippen LogP contribution in [0.15, 0.2) is 50.8 Å². The number of aromatic nitrogens is 2. The second-order valence-corrected chi connectivity index (χ2v) is 8.18. The van der Waals surface area contributed by atoms with Crippen molar-refractivity contribution in [1.82, 2.24) is 9.66 Å². The Labute approximate surface area is 192 Å². The third-order valence-corrected chi connectivity index (χ3v) is 5.53. The molecule has 2 aromatic carbocycles. The normalized spacial score (nSPS) is 12.3. The fourth-order valence-corrected chi connectivity index (χ4v) is 3.42. The molecule has 162 valence electrons. The molecule has 7 nitrogen and oxygen atoms in total. The summed E-state index contributed by atoms with van der Waals surface area (Å²) >= 11 is 9.64. The summed E-state index contributed by atoms with van der Waals surface area (Å²) in [6, 6.07) is 10.4. The van der Waals surface area contributed by atoms with Crippen LogP contribution < -0.4 is 10.3 Å². The molecular formula is C22H21BrClN3O4. The molecule has 0 fully saturated rings. The number of carbonyl (C=O) groups excluding carboxylic acids is 1. The Hall–Kier alpha value is -2.71. The van der Waals surface area contributed by atoms with Gasteiger partial charge in [-0.15, -0.1) is 0 Å². The molecule has 0 bridgehead atoms. The number of ether oxygens (including phenoxy) is 2. The highest BCUT2D eigenvalue weighted by molar-refractivity contribution is 9.10. The summed E-state index contributed by atoms with van der Waals surface area (Å²) in [7, 11) is 1.28. The number of fused-ring (bicyclic) bond motifs is 1. The molecule has 0 saturated heterocycles. The number of methoxy groups -OCH3 is 1. The van der Waals surface area contributed by atoms with Gasteiger partial charge in [0.1, 0.15) is 11.6 Å². The van der Waals surface area contributed by atoms with Crippen molar-refractivity contribution in [2.45, 2.75) is 26.2 Å². The molecule has 0 aliphatic carbocycles. The molecule has 0 aliphatic heterocycles. The Bertz CT molecular complexity index is 1210. The zero-order chi connectivity index (χ0) is 22.5. The number of benzene rings is 2. The lowest BCUT2D eigenvalue weighted by atomic mass is 10.1. The fraction of sp³-hybridized carbons (Fsp3) is 0.273. The van der Waals surface area contributed by atoms with Crippen LogP contribution in [-0.4, -0.2) is 35.6 Å². The first-order chi connectivity index (χ1) is 14.8. The maximum absolute atomic E-state index is 13.1. The Morgan fingerprint density at radius 1 is 1.32 bits per heavy atom. The highest BCUT2D eigenvalue weighted by Gasteiger charge is 2.15. The summed E-state index contributed by atoms with van der Waals surface area (Å²) in [6.45, 7) is 3.79. The van der Waals surface area contributed by atoms with E-state index in [4.69, 9.17) is 16.3 Å². The van der Waals surface area contributed by atoms with Crippen molar-refractivity contribution >= 4 is 50.6 Å². The highest BCUT2D eigenvalue weighted by Crippen LogP contribution is 2.25. The van der Waals surface area contributed by atoms with E-state index in [9.17, 15) is 9.59 Å². The molecule has 1 aromatic heterocycles. The predicted molar refractivity (Wildman–Crippen MR) is 124 cm³/mol. The van der Waals surface area contributed by atoms with Crippen molar-refractivity contribution < 1.29 is 14.3 Å². The van der Waals surface area contributed by atoms with E-state index in [1.165, 1.54) is 18.0 Å². The second-order valence-electron chi connectivity index (χ2n) is 6.86. The Morgan fingerprint density at radius 2 is 2.10 bits per heavy atom. The molecular weight excluding hydrogens is 486 g/mol. The van der Waals surface area contributed by atoms with Crippen LogP contribution in [0.25, 0.3) is 10.9 Å². The third kappa shape index (κ3) is 5.32. The van der Waals surface area contributed by atoms with Crippen LogP contribution >= 0.6 is 27.5 Å². The van der Waals surface area contributed by atoms with Gasteiger partial charge in [-0.3, -0.25) is 4.79 Å². The number of nitrogens with zero attached hydrogens (tertiary/aromatic N) is 3. The standard InChI is InChI=1S/C22H21BrClN3O4/c1-4-13(2)21-26-18-7-6-15(23)10-16(18)22(29)27(21)25-11-14-5-8-19(17(24)9-14)31-12-20(28)30-3/h5-11,13H,4,12H2,1-3H3/t13-/m0/s1. The van der Waals surface area contributed by atoms with Crippen molar-refractivity contribution in [2.24, 2.45) is 5.10 Å². The molecule has 0 spiro atoms. The minimum absolute atomic E-state index is 0.0376. The van der Waals surface area contributed by atoms with Gasteiger partial charge in [-0.25, -0.2) is 9.78 Å². The van der Waals surface area contributed by atoms with Crippen LogP contribution in [0.2, 0.25) is 5.02 Å². The smallest absolute Gasteiger partial charge is 0.343 e. The Kier molecular flexibility index (Phi) is 7.46. The van der Waals surface area contributed by atoms with E-state index < -0.39 is 5.97 Å². The molecule has 1 atom stereocenters. The Morgan fingerprint density at radius 3 is 2.77 bits per heavy atom. The minimum atomic E-state index is -0.505. The summed E-state index contributed by atoms with van der Waals surface area (Å²) in [6.07, 6.45) is 2.34. The lowest BCUT2D eigenvalue weighted by Gasteiger charge is -2.14. The Balaban J connectivity index is 1.98. The fourth-order valence-electron chi connectivity index (χ4n) is 2.81. The SMILES string of the molecule is CC[C@H](C)c1nc2ccc(Br)cc2c(=O)n1N=Cc1ccc(OCC(=O)OC)c(Cl)c1. The summed E-state index contributed by atoms with van der Waals surface area (Å²) < 4.78 is 12.0. The molecule has 3 aromatic rings. The van der Waals surface area contributed by atoms with Crippen LogP contribution in [0.5, 0.6) is 5.75 Å². The summed E-state index contributed by atoms with van der Waals surface area (Å²) in [5, 5.41) is 5.19. The average molecular weight is 507 g/mol. The average Bonchev–Trinajstić information content (AvgIpc) is 2.77. The van der Waals surface area contributed by atoms with Gasteiger partial charge in [0.2, 0.25) is 0 Å². The monoisotopic (exact) mass is 505 g/mol. The first kappa shape index (κ1) is 23.0. The molecule has 0 N–H and O–H groups in total. The van der Waals surface area contributed by atoms with Gasteiger partial charge in [-0.2, -0.15) is 9.78 Å². The molecule has 0 saturated carbocycles. The number of hydrogen-bond acceptors (Lipinski definition) is 6. The van der Waals surface area contributed by atoms with Crippen LogP contribution in [0.3, 0.4) is 0 Å². The number of esters is 1. The lowest BCUT2D eigenvalue weighted by Crippen LogP contribution is -2.23. The largest absolute Gasteiger partial charge is 0.480 e.